The smallest absolute Gasteiger partial charge is 0.248 e. The highest BCUT2D eigenvalue weighted by Gasteiger charge is 2.21. The maximum atomic E-state index is 13.7. The maximum Gasteiger partial charge on any atom is 0.248 e. The molecule has 3 aromatic rings. The van der Waals surface area contributed by atoms with Gasteiger partial charge in [0.15, 0.2) is 0 Å². The highest BCUT2D eigenvalue weighted by atomic mass is 35.5. The lowest BCUT2D eigenvalue weighted by atomic mass is 10.1. The Kier molecular flexibility index (Phi) is 8.57. The summed E-state index contributed by atoms with van der Waals surface area (Å²) in [6.45, 7) is 3.87. The lowest BCUT2D eigenvalue weighted by Crippen LogP contribution is -2.29. The van der Waals surface area contributed by atoms with Crippen molar-refractivity contribution in [1.29, 1.82) is 5.26 Å². The zero-order valence-corrected chi connectivity index (χ0v) is 22.1. The Morgan fingerprint density at radius 1 is 1.28 bits per heavy atom. The highest BCUT2D eigenvalue weighted by molar-refractivity contribution is 6.31. The molecule has 2 saturated heterocycles. The summed E-state index contributed by atoms with van der Waals surface area (Å²) in [7, 11) is 0. The molecule has 2 fully saturated rings. The predicted molar refractivity (Wildman–Crippen MR) is 149 cm³/mol. The van der Waals surface area contributed by atoms with Crippen molar-refractivity contribution >= 4 is 45.5 Å². The van der Waals surface area contributed by atoms with Gasteiger partial charge in [-0.15, -0.1) is 0 Å². The van der Waals surface area contributed by atoms with Crippen LogP contribution in [0.25, 0.3) is 10.9 Å². The quantitative estimate of drug-likeness (QED) is 0.343. The summed E-state index contributed by atoms with van der Waals surface area (Å²) in [5, 5.41) is 16.4. The molecule has 1 unspecified atom stereocenters. The molecule has 5 rings (SSSR count). The molecule has 0 aliphatic carbocycles. The van der Waals surface area contributed by atoms with E-state index in [4.69, 9.17) is 21.1 Å². The van der Waals surface area contributed by atoms with Gasteiger partial charge < -0.3 is 20.1 Å². The number of amides is 1. The summed E-state index contributed by atoms with van der Waals surface area (Å²) in [4.78, 5) is 19.7. The zero-order chi connectivity index (χ0) is 27.2. The number of hydrogen-bond acceptors (Lipinski definition) is 7. The molecule has 39 heavy (non-hydrogen) atoms. The summed E-state index contributed by atoms with van der Waals surface area (Å²) in [6.07, 6.45) is 9.07. The third-order valence-corrected chi connectivity index (χ3v) is 7.09. The van der Waals surface area contributed by atoms with E-state index in [0.717, 1.165) is 26.1 Å². The van der Waals surface area contributed by atoms with E-state index in [0.29, 0.717) is 46.9 Å². The molecule has 2 N–H and O–H groups in total. The molecular weight excluding hydrogens is 521 g/mol. The molecule has 2 aromatic carbocycles. The topological polar surface area (TPSA) is 99.5 Å². The number of benzene rings is 2. The Hall–Kier alpha value is -3.71. The van der Waals surface area contributed by atoms with Gasteiger partial charge in [0.2, 0.25) is 5.91 Å². The number of carbonyl (C=O) groups is 1. The normalized spacial score (nSPS) is 17.8. The third-order valence-electron chi connectivity index (χ3n) is 6.80. The number of likely N-dealkylation sites (tertiary alicyclic amines) is 1. The van der Waals surface area contributed by atoms with Crippen molar-refractivity contribution in [3.63, 3.8) is 0 Å². The van der Waals surface area contributed by atoms with Crippen LogP contribution in [0.1, 0.15) is 31.2 Å². The van der Waals surface area contributed by atoms with Gasteiger partial charge in [-0.3, -0.25) is 14.7 Å². The monoisotopic (exact) mass is 549 g/mol. The Balaban J connectivity index is 1.47. The molecule has 0 saturated carbocycles. The third kappa shape index (κ3) is 6.66. The first-order valence-corrected chi connectivity index (χ1v) is 13.4. The van der Waals surface area contributed by atoms with Crippen molar-refractivity contribution in [2.24, 2.45) is 0 Å². The summed E-state index contributed by atoms with van der Waals surface area (Å²) in [6, 6.07) is 9.84. The molecule has 202 valence electrons. The Morgan fingerprint density at radius 2 is 2.13 bits per heavy atom. The maximum absolute atomic E-state index is 13.7. The zero-order valence-electron chi connectivity index (χ0n) is 21.4. The van der Waals surface area contributed by atoms with Gasteiger partial charge in [0.1, 0.15) is 23.7 Å². The van der Waals surface area contributed by atoms with Crippen LogP contribution in [0.4, 0.5) is 21.5 Å². The lowest BCUT2D eigenvalue weighted by Gasteiger charge is -2.24. The van der Waals surface area contributed by atoms with Crippen molar-refractivity contribution < 1.29 is 18.7 Å². The Morgan fingerprint density at radius 3 is 2.87 bits per heavy atom. The van der Waals surface area contributed by atoms with Crippen LogP contribution in [0, 0.1) is 17.1 Å². The second-order valence-electron chi connectivity index (χ2n) is 9.63. The van der Waals surface area contributed by atoms with E-state index in [1.807, 2.05) is 6.08 Å². The van der Waals surface area contributed by atoms with E-state index in [2.05, 4.69) is 26.6 Å². The Bertz CT molecular complexity index is 1430. The van der Waals surface area contributed by atoms with Gasteiger partial charge >= 0.3 is 0 Å². The van der Waals surface area contributed by atoms with Gasteiger partial charge in [-0.1, -0.05) is 24.1 Å². The summed E-state index contributed by atoms with van der Waals surface area (Å²) in [5.74, 6) is -0.370. The number of aromatic nitrogens is 1. The minimum atomic E-state index is -0.543. The van der Waals surface area contributed by atoms with Crippen LogP contribution < -0.4 is 15.4 Å². The fourth-order valence-electron chi connectivity index (χ4n) is 4.76. The van der Waals surface area contributed by atoms with Crippen molar-refractivity contribution in [3.05, 3.63) is 65.1 Å². The fourth-order valence-corrected chi connectivity index (χ4v) is 4.94. The van der Waals surface area contributed by atoms with Crippen LogP contribution in [0.15, 0.2) is 48.7 Å². The number of pyridine rings is 1. The number of hydrogen-bond donors (Lipinski definition) is 2. The molecule has 2 aliphatic heterocycles. The number of carbonyl (C=O) groups excluding carboxylic acids is 1. The van der Waals surface area contributed by atoms with E-state index >= 15 is 0 Å². The standard InChI is InChI=1S/C29H29ClFN5O3/c30-23-13-20(6-7-24(23)31)34-29-19(16-32)17-33-25-15-27(39-21-8-12-38-18-21)26(14-22(25)29)35-28(37)5-4-11-36-9-2-1-3-10-36/h4-7,13-15,17,21H,1-3,8-12,18H2,(H,33,34)(H,35,37). The fraction of sp³-hybridized carbons (Fsp3) is 0.345. The minimum absolute atomic E-state index is 0.0457. The molecule has 0 spiro atoms. The van der Waals surface area contributed by atoms with Gasteiger partial charge in [0, 0.05) is 42.4 Å². The molecule has 0 radical (unpaired) electrons. The van der Waals surface area contributed by atoms with Crippen molar-refractivity contribution in [2.45, 2.75) is 31.8 Å². The van der Waals surface area contributed by atoms with Gasteiger partial charge in [-0.25, -0.2) is 4.39 Å². The van der Waals surface area contributed by atoms with Crippen molar-refractivity contribution in [2.75, 3.05) is 43.5 Å². The van der Waals surface area contributed by atoms with Gasteiger partial charge in [0.25, 0.3) is 0 Å². The molecular formula is C29H29ClFN5O3. The van der Waals surface area contributed by atoms with Crippen LogP contribution in [-0.2, 0) is 9.53 Å². The number of nitrogens with one attached hydrogen (secondary N) is 2. The summed E-state index contributed by atoms with van der Waals surface area (Å²) >= 11 is 5.97. The molecule has 0 bridgehead atoms. The lowest BCUT2D eigenvalue weighted by molar-refractivity contribution is -0.111. The van der Waals surface area contributed by atoms with Gasteiger partial charge in [-0.2, -0.15) is 5.26 Å². The minimum Gasteiger partial charge on any atom is -0.486 e. The first-order chi connectivity index (χ1) is 19.0. The van der Waals surface area contributed by atoms with E-state index < -0.39 is 5.82 Å². The van der Waals surface area contributed by atoms with Crippen LogP contribution in [-0.4, -0.2) is 54.7 Å². The van der Waals surface area contributed by atoms with Crippen LogP contribution in [0.2, 0.25) is 5.02 Å². The average molecular weight is 550 g/mol. The molecule has 1 aromatic heterocycles. The second kappa shape index (κ2) is 12.4. The first kappa shape index (κ1) is 26.9. The van der Waals surface area contributed by atoms with Crippen LogP contribution in [0.3, 0.4) is 0 Å². The Labute approximate surface area is 231 Å². The number of anilines is 3. The van der Waals surface area contributed by atoms with E-state index in [9.17, 15) is 14.4 Å². The number of piperidine rings is 1. The van der Waals surface area contributed by atoms with Crippen molar-refractivity contribution in [3.8, 4) is 11.8 Å². The molecule has 10 heteroatoms. The summed E-state index contributed by atoms with van der Waals surface area (Å²) in [5.41, 5.74) is 2.23. The predicted octanol–water partition coefficient (Wildman–Crippen LogP) is 5.79. The highest BCUT2D eigenvalue weighted by Crippen LogP contribution is 2.37. The van der Waals surface area contributed by atoms with Gasteiger partial charge in [0.05, 0.1) is 40.7 Å². The van der Waals surface area contributed by atoms with E-state index in [-0.39, 0.29) is 22.6 Å². The second-order valence-corrected chi connectivity index (χ2v) is 10.0. The number of nitriles is 1. The van der Waals surface area contributed by atoms with Gasteiger partial charge in [-0.05, 0) is 50.2 Å². The molecule has 1 amide bonds. The molecule has 2 aliphatic rings. The van der Waals surface area contributed by atoms with Crippen LogP contribution >= 0.6 is 11.6 Å². The first-order valence-electron chi connectivity index (χ1n) is 13.0. The van der Waals surface area contributed by atoms with E-state index in [1.54, 1.807) is 12.1 Å². The molecule has 8 nitrogen and oxygen atoms in total. The number of rotatable bonds is 8. The number of halogens is 2. The molecule has 1 atom stereocenters. The van der Waals surface area contributed by atoms with Crippen molar-refractivity contribution in [1.82, 2.24) is 9.88 Å². The largest absolute Gasteiger partial charge is 0.486 e. The number of fused-ring (bicyclic) bond motifs is 1. The van der Waals surface area contributed by atoms with Crippen LogP contribution in [0.5, 0.6) is 5.75 Å². The summed E-state index contributed by atoms with van der Waals surface area (Å²) < 4.78 is 25.4. The number of ether oxygens (including phenoxy) is 2. The van der Waals surface area contributed by atoms with E-state index in [1.165, 1.54) is 49.7 Å². The number of nitrogens with zero attached hydrogens (tertiary/aromatic N) is 3. The SMILES string of the molecule is N#Cc1cnc2cc(OC3CCOC3)c(NC(=O)C=CCN3CCCCC3)cc2c1Nc1ccc(F)c(Cl)c1. The molecule has 3 heterocycles. The average Bonchev–Trinajstić information content (AvgIpc) is 3.45.